The number of rotatable bonds is 6. The molecule has 1 fully saturated rings. The second-order valence-electron chi connectivity index (χ2n) is 13.4. The summed E-state index contributed by atoms with van der Waals surface area (Å²) in [4.78, 5) is 33.4. The summed E-state index contributed by atoms with van der Waals surface area (Å²) in [6, 6.07) is 23.1. The van der Waals surface area contributed by atoms with E-state index in [1.54, 1.807) is 23.1 Å². The Hall–Kier alpha value is -6.10. The van der Waals surface area contributed by atoms with Crippen LogP contribution in [0.2, 0.25) is 0 Å². The normalized spacial score (nSPS) is 15.7. The first-order valence-corrected chi connectivity index (χ1v) is 16.3. The van der Waals surface area contributed by atoms with Crippen LogP contribution in [-0.2, 0) is 18.5 Å². The molecule has 0 radical (unpaired) electrons. The van der Waals surface area contributed by atoms with Gasteiger partial charge in [-0.05, 0) is 62.1 Å². The molecule has 0 saturated heterocycles. The summed E-state index contributed by atoms with van der Waals surface area (Å²) in [6.07, 6.45) is 7.06. The number of ether oxygens (including phenoxy) is 1. The lowest BCUT2D eigenvalue weighted by Gasteiger charge is -2.24. The number of benzene rings is 3. The molecule has 1 aliphatic carbocycles. The first-order valence-electron chi connectivity index (χ1n) is 16.3. The molecular weight excluding hydrogens is 616 g/mol. The summed E-state index contributed by atoms with van der Waals surface area (Å²) in [6.45, 7) is 4.11. The smallest absolute Gasteiger partial charge is 0.262 e. The molecule has 3 aromatic carbocycles. The van der Waals surface area contributed by atoms with Gasteiger partial charge in [-0.15, -0.1) is 0 Å². The fraction of sp³-hybridized carbons (Fsp3) is 0.211. The fourth-order valence-corrected chi connectivity index (χ4v) is 7.42. The number of aromatic hydroxyl groups is 1. The van der Waals surface area contributed by atoms with Crippen LogP contribution < -0.4 is 16.0 Å². The first kappa shape index (κ1) is 29.1. The average molecular weight is 649 g/mol. The maximum absolute atomic E-state index is 14.9. The van der Waals surface area contributed by atoms with Crippen molar-refractivity contribution in [3.8, 4) is 33.9 Å². The largest absolute Gasteiger partial charge is 0.504 e. The molecule has 1 aliphatic heterocycles. The van der Waals surface area contributed by atoms with Crippen LogP contribution in [0.15, 0.2) is 96.3 Å². The molecule has 0 spiro atoms. The highest BCUT2D eigenvalue weighted by Crippen LogP contribution is 2.50. The lowest BCUT2D eigenvalue weighted by atomic mass is 9.95. The van der Waals surface area contributed by atoms with E-state index >= 15 is 0 Å². The van der Waals surface area contributed by atoms with Crippen LogP contribution in [0.4, 0.5) is 5.82 Å². The third-order valence-corrected chi connectivity index (χ3v) is 9.73. The first-order chi connectivity index (χ1) is 23.7. The van der Waals surface area contributed by atoms with E-state index in [0.29, 0.717) is 45.6 Å². The molecule has 11 nitrogen and oxygen atoms in total. The molecule has 11 heteroatoms. The maximum atomic E-state index is 14.9. The minimum absolute atomic E-state index is 0.0722. The van der Waals surface area contributed by atoms with E-state index in [-0.39, 0.29) is 23.7 Å². The monoisotopic (exact) mass is 648 g/mol. The van der Waals surface area contributed by atoms with Gasteiger partial charge < -0.3 is 15.6 Å². The van der Waals surface area contributed by atoms with Crippen LogP contribution >= 0.6 is 0 Å². The van der Waals surface area contributed by atoms with Crippen molar-refractivity contribution in [1.82, 2.24) is 34.3 Å². The number of hydrogen-bond donors (Lipinski definition) is 2. The van der Waals surface area contributed by atoms with E-state index in [1.807, 2.05) is 73.0 Å². The van der Waals surface area contributed by atoms with Gasteiger partial charge in [0.05, 0.1) is 21.8 Å². The minimum Gasteiger partial charge on any atom is -0.504 e. The predicted octanol–water partition coefficient (Wildman–Crippen LogP) is 5.85. The summed E-state index contributed by atoms with van der Waals surface area (Å²) in [7, 11) is 0. The Balaban J connectivity index is 1.28. The number of aromatic nitrogens is 7. The SMILES string of the molecule is CC1(C)Cc2c(-c3nn(Cc4nc5cccc(-c6cccnc6)c5c(=O)n4C4(c5ccccc5)CC4)c4ncnc(N)c34)ccc(O)c2O1. The van der Waals surface area contributed by atoms with E-state index in [2.05, 4.69) is 27.1 Å². The molecule has 0 atom stereocenters. The number of fused-ring (bicyclic) bond motifs is 3. The second kappa shape index (κ2) is 10.4. The third kappa shape index (κ3) is 4.49. The zero-order valence-corrected chi connectivity index (χ0v) is 27.0. The van der Waals surface area contributed by atoms with Crippen molar-refractivity contribution < 1.29 is 9.84 Å². The zero-order chi connectivity index (χ0) is 33.5. The molecule has 0 bridgehead atoms. The molecule has 2 aliphatic rings. The van der Waals surface area contributed by atoms with Crippen molar-refractivity contribution in [3.05, 3.63) is 119 Å². The highest BCUT2D eigenvalue weighted by molar-refractivity contribution is 5.99. The summed E-state index contributed by atoms with van der Waals surface area (Å²) in [5.41, 5.74) is 11.3. The van der Waals surface area contributed by atoms with Gasteiger partial charge in [-0.2, -0.15) is 5.10 Å². The van der Waals surface area contributed by atoms with E-state index < -0.39 is 11.1 Å². The summed E-state index contributed by atoms with van der Waals surface area (Å²) >= 11 is 0. The van der Waals surface area contributed by atoms with Gasteiger partial charge in [0.1, 0.15) is 35.8 Å². The third-order valence-electron chi connectivity index (χ3n) is 9.73. The quantitative estimate of drug-likeness (QED) is 0.227. The topological polar surface area (TPSA) is 147 Å². The number of phenols is 1. The van der Waals surface area contributed by atoms with Crippen molar-refractivity contribution in [2.24, 2.45) is 0 Å². The Morgan fingerprint density at radius 2 is 1.78 bits per heavy atom. The number of nitrogens with two attached hydrogens (primary N) is 1. The van der Waals surface area contributed by atoms with Crippen molar-refractivity contribution in [2.75, 3.05) is 5.73 Å². The number of nitrogen functional groups attached to an aromatic ring is 1. The van der Waals surface area contributed by atoms with Crippen LogP contribution in [0.1, 0.15) is 43.6 Å². The van der Waals surface area contributed by atoms with Crippen LogP contribution in [0.25, 0.3) is 44.3 Å². The van der Waals surface area contributed by atoms with Crippen molar-refractivity contribution in [3.63, 3.8) is 0 Å². The van der Waals surface area contributed by atoms with Gasteiger partial charge in [0.25, 0.3) is 5.56 Å². The number of pyridine rings is 1. The van der Waals surface area contributed by atoms with Crippen molar-refractivity contribution in [2.45, 2.75) is 50.8 Å². The highest BCUT2D eigenvalue weighted by atomic mass is 16.5. The molecular formula is C38H32N8O3. The standard InChI is InChI=1S/C38H32N8O3/c1-37(2)18-26-25(13-14-28(47)33(26)49-37)32-31-34(39)41-21-42-35(31)45(44-32)20-29-43-27-12-6-11-24(22-8-7-17-40-19-22)30(27)36(48)46(29)38(15-16-38)23-9-4-3-5-10-23/h3-14,17,19,21,47H,15-16,18,20H2,1-2H3,(H2,39,41,42). The lowest BCUT2D eigenvalue weighted by Crippen LogP contribution is -2.36. The van der Waals surface area contributed by atoms with E-state index in [9.17, 15) is 9.90 Å². The van der Waals surface area contributed by atoms with Crippen molar-refractivity contribution >= 4 is 27.8 Å². The maximum Gasteiger partial charge on any atom is 0.262 e. The molecule has 242 valence electrons. The van der Waals surface area contributed by atoms with Gasteiger partial charge in [0, 0.05) is 35.5 Å². The number of phenolic OH excluding ortho intramolecular Hbond substituents is 1. The Kier molecular flexibility index (Phi) is 6.20. The van der Waals surface area contributed by atoms with Gasteiger partial charge in [0.15, 0.2) is 17.1 Å². The van der Waals surface area contributed by atoms with Gasteiger partial charge >= 0.3 is 0 Å². The predicted molar refractivity (Wildman–Crippen MR) is 186 cm³/mol. The second-order valence-corrected chi connectivity index (χ2v) is 13.4. The van der Waals surface area contributed by atoms with Gasteiger partial charge in [-0.25, -0.2) is 19.6 Å². The Morgan fingerprint density at radius 3 is 2.55 bits per heavy atom. The van der Waals surface area contributed by atoms with Crippen LogP contribution in [0.5, 0.6) is 11.5 Å². The van der Waals surface area contributed by atoms with Gasteiger partial charge in [-0.1, -0.05) is 48.5 Å². The van der Waals surface area contributed by atoms with E-state index in [0.717, 1.165) is 40.7 Å². The average Bonchev–Trinajstić information content (AvgIpc) is 3.71. The summed E-state index contributed by atoms with van der Waals surface area (Å²) < 4.78 is 9.75. The van der Waals surface area contributed by atoms with Crippen LogP contribution in [-0.4, -0.2) is 45.0 Å². The Bertz CT molecular complexity index is 2500. The molecule has 0 amide bonds. The van der Waals surface area contributed by atoms with E-state index in [4.69, 9.17) is 20.6 Å². The van der Waals surface area contributed by atoms with Crippen LogP contribution in [0.3, 0.4) is 0 Å². The molecule has 7 aromatic rings. The van der Waals surface area contributed by atoms with E-state index in [1.165, 1.54) is 6.33 Å². The van der Waals surface area contributed by atoms with Gasteiger partial charge in [0.2, 0.25) is 0 Å². The molecule has 4 aromatic heterocycles. The Labute approximate surface area is 280 Å². The zero-order valence-electron chi connectivity index (χ0n) is 27.0. The number of anilines is 1. The number of nitrogens with zero attached hydrogens (tertiary/aromatic N) is 7. The fourth-order valence-electron chi connectivity index (χ4n) is 7.42. The molecule has 9 rings (SSSR count). The molecule has 0 unspecified atom stereocenters. The van der Waals surface area contributed by atoms with Crippen LogP contribution in [0, 0.1) is 0 Å². The summed E-state index contributed by atoms with van der Waals surface area (Å²) in [5.74, 6) is 1.34. The lowest BCUT2D eigenvalue weighted by molar-refractivity contribution is 0.134. The number of hydrogen-bond acceptors (Lipinski definition) is 9. The minimum atomic E-state index is -0.558. The molecule has 3 N–H and O–H groups in total. The Morgan fingerprint density at radius 1 is 0.939 bits per heavy atom. The molecule has 49 heavy (non-hydrogen) atoms. The molecule has 5 heterocycles. The highest BCUT2D eigenvalue weighted by Gasteiger charge is 2.48. The van der Waals surface area contributed by atoms with Crippen molar-refractivity contribution in [1.29, 1.82) is 0 Å². The summed E-state index contributed by atoms with van der Waals surface area (Å²) in [5, 5.41) is 16.9. The molecule has 1 saturated carbocycles. The van der Waals surface area contributed by atoms with Gasteiger partial charge in [-0.3, -0.25) is 14.3 Å².